The number of likely N-dealkylation sites (tertiary alicyclic amines) is 1. The molecular formula is C13H28N2S. The lowest BCUT2D eigenvalue weighted by atomic mass is 10.2. The van der Waals surface area contributed by atoms with Crippen molar-refractivity contribution in [2.24, 2.45) is 0 Å². The van der Waals surface area contributed by atoms with Gasteiger partial charge in [-0.15, -0.1) is 0 Å². The van der Waals surface area contributed by atoms with Crippen LogP contribution in [-0.4, -0.2) is 49.6 Å². The molecule has 2 nitrogen and oxygen atoms in total. The maximum Gasteiger partial charge on any atom is -0.000664 e. The summed E-state index contributed by atoms with van der Waals surface area (Å²) in [6, 6.07) is 0. The van der Waals surface area contributed by atoms with Gasteiger partial charge in [0.2, 0.25) is 0 Å². The number of unbranched alkanes of at least 4 members (excludes halogenated alkanes) is 2. The molecule has 0 aromatic heterocycles. The minimum atomic E-state index is 1.21. The maximum atomic E-state index is 3.55. The van der Waals surface area contributed by atoms with E-state index in [1.54, 1.807) is 0 Å². The van der Waals surface area contributed by atoms with Crippen LogP contribution in [0.4, 0.5) is 0 Å². The molecule has 1 heterocycles. The summed E-state index contributed by atoms with van der Waals surface area (Å²) in [6.07, 6.45) is 10.5. The lowest BCUT2D eigenvalue weighted by molar-refractivity contribution is 0.331. The van der Waals surface area contributed by atoms with Gasteiger partial charge in [0.25, 0.3) is 0 Å². The van der Waals surface area contributed by atoms with Gasteiger partial charge in [0.1, 0.15) is 0 Å². The van der Waals surface area contributed by atoms with Gasteiger partial charge in [-0.25, -0.2) is 0 Å². The normalized spacial score (nSPS) is 17.1. The van der Waals surface area contributed by atoms with Crippen LogP contribution in [0, 0.1) is 0 Å². The van der Waals surface area contributed by atoms with Crippen molar-refractivity contribution in [3.8, 4) is 0 Å². The molecule has 0 atom stereocenters. The van der Waals surface area contributed by atoms with Crippen molar-refractivity contribution >= 4 is 11.8 Å². The smallest absolute Gasteiger partial charge is 0.000664 e. The predicted molar refractivity (Wildman–Crippen MR) is 75.4 cm³/mol. The highest BCUT2D eigenvalue weighted by Gasteiger charge is 2.09. The van der Waals surface area contributed by atoms with E-state index < -0.39 is 0 Å². The maximum absolute atomic E-state index is 3.55. The Hall–Kier alpha value is 0.270. The first-order chi connectivity index (χ1) is 7.93. The van der Waals surface area contributed by atoms with Crippen LogP contribution in [0.3, 0.4) is 0 Å². The second kappa shape index (κ2) is 10.4. The zero-order valence-electron chi connectivity index (χ0n) is 10.8. The highest BCUT2D eigenvalue weighted by Crippen LogP contribution is 2.06. The topological polar surface area (TPSA) is 15.3 Å². The van der Waals surface area contributed by atoms with Crippen LogP contribution in [0.25, 0.3) is 0 Å². The summed E-state index contributed by atoms with van der Waals surface area (Å²) in [4.78, 5) is 2.60. The average Bonchev–Trinajstić information content (AvgIpc) is 2.80. The van der Waals surface area contributed by atoms with Crippen LogP contribution in [-0.2, 0) is 0 Å². The number of hydrogen-bond donors (Lipinski definition) is 1. The molecule has 0 unspecified atom stereocenters. The lowest BCUT2D eigenvalue weighted by Gasteiger charge is -2.14. The molecule has 0 bridgehead atoms. The average molecular weight is 244 g/mol. The Morgan fingerprint density at radius 3 is 2.50 bits per heavy atom. The van der Waals surface area contributed by atoms with Gasteiger partial charge in [0, 0.05) is 0 Å². The molecule has 0 spiro atoms. The van der Waals surface area contributed by atoms with Crippen molar-refractivity contribution in [2.45, 2.75) is 38.5 Å². The van der Waals surface area contributed by atoms with Crippen LogP contribution in [0.2, 0.25) is 0 Å². The summed E-state index contributed by atoms with van der Waals surface area (Å²) < 4.78 is 0. The van der Waals surface area contributed by atoms with E-state index in [2.05, 4.69) is 16.5 Å². The van der Waals surface area contributed by atoms with Crippen molar-refractivity contribution in [1.29, 1.82) is 0 Å². The quantitative estimate of drug-likeness (QED) is 0.595. The van der Waals surface area contributed by atoms with Gasteiger partial charge in [0.05, 0.1) is 0 Å². The number of nitrogens with zero attached hydrogens (tertiary/aromatic N) is 1. The molecule has 0 aliphatic carbocycles. The molecule has 1 aliphatic rings. The van der Waals surface area contributed by atoms with E-state index in [1.807, 2.05) is 11.8 Å². The Morgan fingerprint density at radius 1 is 1.00 bits per heavy atom. The molecule has 1 rings (SSSR count). The molecule has 0 aromatic rings. The van der Waals surface area contributed by atoms with Crippen LogP contribution in [0.15, 0.2) is 0 Å². The summed E-state index contributed by atoms with van der Waals surface area (Å²) in [5.74, 6) is 1.33. The third-order valence-corrected chi connectivity index (χ3v) is 3.93. The zero-order chi connectivity index (χ0) is 11.5. The van der Waals surface area contributed by atoms with Crippen molar-refractivity contribution in [3.63, 3.8) is 0 Å². The van der Waals surface area contributed by atoms with E-state index in [-0.39, 0.29) is 0 Å². The Labute approximate surface area is 106 Å². The van der Waals surface area contributed by atoms with Gasteiger partial charge in [-0.05, 0) is 76.8 Å². The molecule has 1 N–H and O–H groups in total. The highest BCUT2D eigenvalue weighted by atomic mass is 32.2. The first-order valence-electron chi connectivity index (χ1n) is 6.85. The molecule has 96 valence electrons. The third-order valence-electron chi connectivity index (χ3n) is 3.23. The van der Waals surface area contributed by atoms with Crippen LogP contribution < -0.4 is 5.32 Å². The Balaban J connectivity index is 1.71. The number of rotatable bonds is 10. The summed E-state index contributed by atoms with van der Waals surface area (Å²) in [5.41, 5.74) is 0. The highest BCUT2D eigenvalue weighted by molar-refractivity contribution is 7.98. The molecule has 0 aromatic carbocycles. The number of thioether (sulfide) groups is 1. The fourth-order valence-corrected chi connectivity index (χ4v) is 2.72. The Morgan fingerprint density at radius 2 is 1.75 bits per heavy atom. The fourth-order valence-electron chi connectivity index (χ4n) is 2.23. The Kier molecular flexibility index (Phi) is 9.34. The molecule has 0 radical (unpaired) electrons. The van der Waals surface area contributed by atoms with Gasteiger partial charge in [-0.3, -0.25) is 0 Å². The third kappa shape index (κ3) is 7.53. The second-order valence-corrected chi connectivity index (χ2v) is 5.69. The second-order valence-electron chi connectivity index (χ2n) is 4.71. The Bertz CT molecular complexity index is 147. The van der Waals surface area contributed by atoms with Gasteiger partial charge in [-0.2, -0.15) is 11.8 Å². The van der Waals surface area contributed by atoms with Gasteiger partial charge in [0.15, 0.2) is 0 Å². The first-order valence-corrected chi connectivity index (χ1v) is 8.25. The molecule has 1 aliphatic heterocycles. The van der Waals surface area contributed by atoms with Crippen LogP contribution in [0.5, 0.6) is 0 Å². The van der Waals surface area contributed by atoms with E-state index in [0.29, 0.717) is 0 Å². The first kappa shape index (κ1) is 14.3. The standard InChI is InChI=1S/C13H28N2S/c1-16-13-6-2-3-8-14-9-7-12-15-10-4-5-11-15/h14H,2-13H2,1H3. The number of hydrogen-bond acceptors (Lipinski definition) is 3. The minimum Gasteiger partial charge on any atom is -0.317 e. The molecular weight excluding hydrogens is 216 g/mol. The SMILES string of the molecule is CSCCCCCNCCCN1CCCC1. The van der Waals surface area contributed by atoms with Crippen molar-refractivity contribution in [2.75, 3.05) is 44.7 Å². The van der Waals surface area contributed by atoms with Crippen molar-refractivity contribution in [1.82, 2.24) is 10.2 Å². The van der Waals surface area contributed by atoms with Gasteiger partial charge in [-0.1, -0.05) is 6.42 Å². The molecule has 16 heavy (non-hydrogen) atoms. The van der Waals surface area contributed by atoms with E-state index >= 15 is 0 Å². The monoisotopic (exact) mass is 244 g/mol. The van der Waals surface area contributed by atoms with E-state index in [4.69, 9.17) is 0 Å². The largest absolute Gasteiger partial charge is 0.317 e. The summed E-state index contributed by atoms with van der Waals surface area (Å²) >= 11 is 1.96. The van der Waals surface area contributed by atoms with Crippen molar-refractivity contribution in [3.05, 3.63) is 0 Å². The molecule has 1 fully saturated rings. The van der Waals surface area contributed by atoms with E-state index in [9.17, 15) is 0 Å². The van der Waals surface area contributed by atoms with Gasteiger partial charge >= 0.3 is 0 Å². The van der Waals surface area contributed by atoms with E-state index in [0.717, 1.165) is 0 Å². The molecule has 0 amide bonds. The molecule has 3 heteroatoms. The lowest BCUT2D eigenvalue weighted by Crippen LogP contribution is -2.25. The zero-order valence-corrected chi connectivity index (χ0v) is 11.7. The van der Waals surface area contributed by atoms with Crippen molar-refractivity contribution < 1.29 is 0 Å². The number of nitrogens with one attached hydrogen (secondary N) is 1. The predicted octanol–water partition coefficient (Wildman–Crippen LogP) is 2.60. The fraction of sp³-hybridized carbons (Fsp3) is 1.00. The summed E-state index contributed by atoms with van der Waals surface area (Å²) in [6.45, 7) is 6.41. The van der Waals surface area contributed by atoms with E-state index in [1.165, 1.54) is 77.0 Å². The van der Waals surface area contributed by atoms with Crippen LogP contribution in [0.1, 0.15) is 38.5 Å². The van der Waals surface area contributed by atoms with Crippen LogP contribution >= 0.6 is 11.8 Å². The molecule has 0 saturated carbocycles. The minimum absolute atomic E-state index is 1.21. The molecule has 1 saturated heterocycles. The summed E-state index contributed by atoms with van der Waals surface area (Å²) in [7, 11) is 0. The van der Waals surface area contributed by atoms with Gasteiger partial charge < -0.3 is 10.2 Å². The summed E-state index contributed by atoms with van der Waals surface area (Å²) in [5, 5.41) is 3.55.